The maximum Gasteiger partial charge on any atom is 0.255 e. The highest BCUT2D eigenvalue weighted by Crippen LogP contribution is 2.23. The van der Waals surface area contributed by atoms with Gasteiger partial charge in [-0.3, -0.25) is 4.79 Å². The van der Waals surface area contributed by atoms with E-state index in [0.717, 1.165) is 29.8 Å². The van der Waals surface area contributed by atoms with Gasteiger partial charge in [-0.25, -0.2) is 9.37 Å². The summed E-state index contributed by atoms with van der Waals surface area (Å²) in [7, 11) is 0. The van der Waals surface area contributed by atoms with Gasteiger partial charge >= 0.3 is 0 Å². The first kappa shape index (κ1) is 16.8. The van der Waals surface area contributed by atoms with Crippen LogP contribution >= 0.6 is 0 Å². The summed E-state index contributed by atoms with van der Waals surface area (Å²) in [4.78, 5) is 17.5. The number of hydrogen-bond acceptors (Lipinski definition) is 2. The van der Waals surface area contributed by atoms with Crippen LogP contribution in [0.3, 0.4) is 0 Å². The van der Waals surface area contributed by atoms with Gasteiger partial charge in [0.05, 0.1) is 11.3 Å². The first-order valence-electron chi connectivity index (χ1n) is 9.17. The smallest absolute Gasteiger partial charge is 0.255 e. The highest BCUT2D eigenvalue weighted by Gasteiger charge is 2.20. The minimum absolute atomic E-state index is 0.0671. The van der Waals surface area contributed by atoms with Gasteiger partial charge in [0.2, 0.25) is 0 Å². The zero-order chi connectivity index (χ0) is 18.1. The highest BCUT2D eigenvalue weighted by molar-refractivity contribution is 6.00. The Balaban J connectivity index is 1.69. The third-order valence-electron chi connectivity index (χ3n) is 5.14. The molecule has 1 amide bonds. The summed E-state index contributed by atoms with van der Waals surface area (Å²) in [6.45, 7) is 1.98. The van der Waals surface area contributed by atoms with Gasteiger partial charge in [-0.1, -0.05) is 19.3 Å². The first-order chi connectivity index (χ1) is 12.6. The number of nitrogens with zero attached hydrogens (tertiary/aromatic N) is 2. The van der Waals surface area contributed by atoms with Crippen molar-refractivity contribution in [1.29, 1.82) is 0 Å². The van der Waals surface area contributed by atoms with Gasteiger partial charge < -0.3 is 9.72 Å². The molecule has 3 aromatic rings. The Kier molecular flexibility index (Phi) is 4.45. The van der Waals surface area contributed by atoms with Gasteiger partial charge in [-0.2, -0.15) is 0 Å². The van der Waals surface area contributed by atoms with Crippen molar-refractivity contribution in [3.8, 4) is 11.3 Å². The van der Waals surface area contributed by atoms with E-state index in [9.17, 15) is 9.18 Å². The quantitative estimate of drug-likeness (QED) is 0.754. The molecule has 2 aromatic heterocycles. The van der Waals surface area contributed by atoms with Crippen LogP contribution in [0.25, 0.3) is 16.9 Å². The highest BCUT2D eigenvalue weighted by atomic mass is 19.1. The molecule has 0 bridgehead atoms. The summed E-state index contributed by atoms with van der Waals surface area (Å²) in [5.74, 6) is -0.343. The van der Waals surface area contributed by atoms with Crippen LogP contribution in [0.15, 0.2) is 42.6 Å². The number of rotatable bonds is 3. The van der Waals surface area contributed by atoms with E-state index in [0.29, 0.717) is 11.2 Å². The molecule has 0 radical (unpaired) electrons. The monoisotopic (exact) mass is 351 g/mol. The number of benzene rings is 1. The lowest BCUT2D eigenvalue weighted by atomic mass is 9.95. The Labute approximate surface area is 152 Å². The Bertz CT molecular complexity index is 940. The molecule has 1 N–H and O–H groups in total. The van der Waals surface area contributed by atoms with Crippen LogP contribution in [0.1, 0.15) is 48.2 Å². The number of fused-ring (bicyclic) bond motifs is 1. The Morgan fingerprint density at radius 3 is 2.62 bits per heavy atom. The number of carbonyl (C=O) groups is 1. The van der Waals surface area contributed by atoms with Crippen LogP contribution in [0.2, 0.25) is 0 Å². The van der Waals surface area contributed by atoms with Crippen LogP contribution < -0.4 is 5.32 Å². The number of aromatic nitrogens is 2. The number of carbonyl (C=O) groups excluding carboxylic acids is 1. The van der Waals surface area contributed by atoms with E-state index in [4.69, 9.17) is 0 Å². The van der Waals surface area contributed by atoms with Crippen LogP contribution in [0.5, 0.6) is 0 Å². The molecule has 1 aromatic carbocycles. The standard InChI is InChI=1S/C21H22FN3O/c1-14-13-19(15-7-9-16(22)10-8-15)24-20-18(11-12-25(14)20)21(26)23-17-5-3-2-4-6-17/h7-13,17H,2-6H2,1H3,(H,23,26). The minimum atomic E-state index is -0.276. The molecule has 4 nitrogen and oxygen atoms in total. The molecule has 4 rings (SSSR count). The fourth-order valence-corrected chi connectivity index (χ4v) is 3.69. The van der Waals surface area contributed by atoms with Crippen molar-refractivity contribution in [2.75, 3.05) is 0 Å². The lowest BCUT2D eigenvalue weighted by Crippen LogP contribution is -2.36. The zero-order valence-corrected chi connectivity index (χ0v) is 14.8. The Morgan fingerprint density at radius 1 is 1.15 bits per heavy atom. The summed E-state index contributed by atoms with van der Waals surface area (Å²) in [5.41, 5.74) is 3.77. The Morgan fingerprint density at radius 2 is 1.88 bits per heavy atom. The van der Waals surface area contributed by atoms with E-state index in [2.05, 4.69) is 10.3 Å². The molecule has 0 saturated heterocycles. The summed E-state index contributed by atoms with van der Waals surface area (Å²) >= 11 is 0. The number of halogens is 1. The van der Waals surface area contributed by atoms with Crippen LogP contribution in [-0.2, 0) is 0 Å². The van der Waals surface area contributed by atoms with E-state index in [1.165, 1.54) is 31.4 Å². The second-order valence-electron chi connectivity index (χ2n) is 7.02. The normalized spacial score (nSPS) is 15.3. The molecule has 1 fully saturated rings. The van der Waals surface area contributed by atoms with Crippen LogP contribution in [0.4, 0.5) is 4.39 Å². The molecule has 1 saturated carbocycles. The lowest BCUT2D eigenvalue weighted by Gasteiger charge is -2.22. The maximum absolute atomic E-state index is 13.2. The average Bonchev–Trinajstić information content (AvgIpc) is 3.08. The molecule has 2 heterocycles. The largest absolute Gasteiger partial charge is 0.349 e. The molecule has 0 unspecified atom stereocenters. The molecule has 0 atom stereocenters. The van der Waals surface area contributed by atoms with Crippen molar-refractivity contribution in [2.24, 2.45) is 0 Å². The SMILES string of the molecule is Cc1cc(-c2ccc(F)cc2)nc2c(C(=O)NC3CCCCC3)ccn12. The Hall–Kier alpha value is -2.69. The number of aryl methyl sites for hydroxylation is 1. The second-order valence-corrected chi connectivity index (χ2v) is 7.02. The van der Waals surface area contributed by atoms with Crippen molar-refractivity contribution < 1.29 is 9.18 Å². The molecule has 0 spiro atoms. The van der Waals surface area contributed by atoms with E-state index < -0.39 is 0 Å². The van der Waals surface area contributed by atoms with Crippen LogP contribution in [-0.4, -0.2) is 21.3 Å². The van der Waals surface area contributed by atoms with Gasteiger partial charge in [0.1, 0.15) is 11.5 Å². The fourth-order valence-electron chi connectivity index (χ4n) is 3.69. The van der Waals surface area contributed by atoms with E-state index in [1.54, 1.807) is 12.1 Å². The number of hydrogen-bond donors (Lipinski definition) is 1. The molecule has 26 heavy (non-hydrogen) atoms. The van der Waals surface area contributed by atoms with Crippen molar-refractivity contribution in [3.63, 3.8) is 0 Å². The first-order valence-corrected chi connectivity index (χ1v) is 9.17. The molecule has 1 aliphatic carbocycles. The fraction of sp³-hybridized carbons (Fsp3) is 0.333. The predicted octanol–water partition coefficient (Wildman–Crippen LogP) is 4.51. The molecule has 134 valence electrons. The van der Waals surface area contributed by atoms with Crippen LogP contribution in [0, 0.1) is 12.7 Å². The maximum atomic E-state index is 13.2. The summed E-state index contributed by atoms with van der Waals surface area (Å²) in [5, 5.41) is 3.16. The van der Waals surface area contributed by atoms with Gasteiger partial charge in [-0.15, -0.1) is 0 Å². The summed E-state index contributed by atoms with van der Waals surface area (Å²) < 4.78 is 15.1. The van der Waals surface area contributed by atoms with Gasteiger partial charge in [0, 0.05) is 23.5 Å². The topological polar surface area (TPSA) is 46.4 Å². The number of nitrogens with one attached hydrogen (secondary N) is 1. The molecular weight excluding hydrogens is 329 g/mol. The third-order valence-corrected chi connectivity index (χ3v) is 5.14. The lowest BCUT2D eigenvalue weighted by molar-refractivity contribution is 0.0929. The third kappa shape index (κ3) is 3.21. The molecular formula is C21H22FN3O. The van der Waals surface area contributed by atoms with E-state index >= 15 is 0 Å². The van der Waals surface area contributed by atoms with Crippen molar-refractivity contribution in [3.05, 3.63) is 59.7 Å². The molecule has 5 heteroatoms. The average molecular weight is 351 g/mol. The van der Waals surface area contributed by atoms with Gasteiger partial charge in [-0.05, 0) is 56.2 Å². The van der Waals surface area contributed by atoms with Crippen molar-refractivity contribution in [2.45, 2.75) is 45.1 Å². The van der Waals surface area contributed by atoms with Crippen molar-refractivity contribution in [1.82, 2.24) is 14.7 Å². The zero-order valence-electron chi connectivity index (χ0n) is 14.8. The van der Waals surface area contributed by atoms with E-state index in [1.807, 2.05) is 29.7 Å². The second kappa shape index (κ2) is 6.90. The summed E-state index contributed by atoms with van der Waals surface area (Å²) in [6, 6.07) is 10.3. The van der Waals surface area contributed by atoms with Crippen molar-refractivity contribution >= 4 is 11.6 Å². The predicted molar refractivity (Wildman–Crippen MR) is 99.7 cm³/mol. The molecule has 1 aliphatic rings. The van der Waals surface area contributed by atoms with E-state index in [-0.39, 0.29) is 17.8 Å². The minimum Gasteiger partial charge on any atom is -0.349 e. The molecule has 0 aliphatic heterocycles. The van der Waals surface area contributed by atoms with Gasteiger partial charge in [0.25, 0.3) is 5.91 Å². The number of amides is 1. The van der Waals surface area contributed by atoms with Gasteiger partial charge in [0.15, 0.2) is 0 Å². The summed E-state index contributed by atoms with van der Waals surface area (Å²) in [6.07, 6.45) is 7.57.